The second-order valence-corrected chi connectivity index (χ2v) is 7.31. The van der Waals surface area contributed by atoms with Gasteiger partial charge < -0.3 is 19.2 Å². The number of methoxy groups -OCH3 is 1. The van der Waals surface area contributed by atoms with Crippen LogP contribution in [0.4, 0.5) is 0 Å². The third kappa shape index (κ3) is 3.60. The number of nitrogens with zero attached hydrogens (tertiary/aromatic N) is 1. The Morgan fingerprint density at radius 3 is 2.88 bits per heavy atom. The predicted octanol–water partition coefficient (Wildman–Crippen LogP) is 3.54. The monoisotopic (exact) mass is 356 g/mol. The van der Waals surface area contributed by atoms with Gasteiger partial charge in [-0.2, -0.15) is 0 Å². The van der Waals surface area contributed by atoms with E-state index in [1.807, 2.05) is 6.07 Å². The lowest BCUT2D eigenvalue weighted by atomic mass is 10.1. The van der Waals surface area contributed by atoms with Crippen molar-refractivity contribution < 1.29 is 13.9 Å². The second-order valence-electron chi connectivity index (χ2n) is 7.31. The van der Waals surface area contributed by atoms with Crippen molar-refractivity contribution in [2.75, 3.05) is 26.7 Å². The Balaban J connectivity index is 1.46. The molecule has 1 aromatic heterocycles. The predicted molar refractivity (Wildman–Crippen MR) is 101 cm³/mol. The van der Waals surface area contributed by atoms with Crippen LogP contribution in [0.5, 0.6) is 11.5 Å². The Morgan fingerprint density at radius 1 is 1.31 bits per heavy atom. The first-order chi connectivity index (χ1) is 12.7. The maximum Gasteiger partial charge on any atom is 0.127 e. The van der Waals surface area contributed by atoms with E-state index in [-0.39, 0.29) is 12.1 Å². The molecule has 1 aromatic carbocycles. The van der Waals surface area contributed by atoms with Gasteiger partial charge in [-0.05, 0) is 57.1 Å². The lowest BCUT2D eigenvalue weighted by Gasteiger charge is -2.26. The minimum atomic E-state index is 0.233. The van der Waals surface area contributed by atoms with Gasteiger partial charge in [0.15, 0.2) is 0 Å². The number of hydrogen-bond acceptors (Lipinski definition) is 5. The highest BCUT2D eigenvalue weighted by Crippen LogP contribution is 2.36. The lowest BCUT2D eigenvalue weighted by Crippen LogP contribution is -2.33. The summed E-state index contributed by atoms with van der Waals surface area (Å²) in [5.41, 5.74) is 2.42. The molecule has 0 spiro atoms. The van der Waals surface area contributed by atoms with Crippen LogP contribution in [-0.4, -0.2) is 37.7 Å². The summed E-state index contributed by atoms with van der Waals surface area (Å²) in [5.74, 6) is 2.97. The molecule has 140 valence electrons. The van der Waals surface area contributed by atoms with Crippen molar-refractivity contribution in [1.29, 1.82) is 0 Å². The average Bonchev–Trinajstić information content (AvgIpc) is 3.39. The Hall–Kier alpha value is -1.98. The van der Waals surface area contributed by atoms with E-state index in [4.69, 9.17) is 13.9 Å². The minimum Gasteiger partial charge on any atom is -0.497 e. The van der Waals surface area contributed by atoms with Crippen LogP contribution in [-0.2, 0) is 13.0 Å². The van der Waals surface area contributed by atoms with Crippen molar-refractivity contribution in [2.24, 2.45) is 0 Å². The number of ether oxygens (including phenoxy) is 2. The van der Waals surface area contributed by atoms with Crippen molar-refractivity contribution in [3.8, 4) is 11.5 Å². The summed E-state index contributed by atoms with van der Waals surface area (Å²) >= 11 is 0. The molecule has 0 radical (unpaired) electrons. The number of benzene rings is 1. The molecule has 2 aliphatic heterocycles. The second kappa shape index (κ2) is 7.72. The number of furan rings is 1. The molecule has 0 saturated carbocycles. The fraction of sp³-hybridized carbons (Fsp3) is 0.524. The van der Waals surface area contributed by atoms with Crippen LogP contribution in [0.3, 0.4) is 0 Å². The summed E-state index contributed by atoms with van der Waals surface area (Å²) in [6.07, 6.45) is 5.49. The molecular formula is C21H28N2O3. The van der Waals surface area contributed by atoms with Gasteiger partial charge in [-0.3, -0.25) is 4.90 Å². The van der Waals surface area contributed by atoms with E-state index in [1.165, 1.54) is 24.0 Å². The maximum absolute atomic E-state index is 6.04. The average molecular weight is 356 g/mol. The number of nitrogens with one attached hydrogen (secondary N) is 1. The summed E-state index contributed by atoms with van der Waals surface area (Å²) in [5, 5.41) is 3.63. The number of hydrogen-bond donors (Lipinski definition) is 1. The molecule has 1 N–H and O–H groups in total. The van der Waals surface area contributed by atoms with E-state index in [1.54, 1.807) is 13.4 Å². The number of fused-ring (bicyclic) bond motifs is 1. The van der Waals surface area contributed by atoms with Gasteiger partial charge in [0, 0.05) is 30.6 Å². The van der Waals surface area contributed by atoms with Crippen molar-refractivity contribution in [2.45, 2.75) is 44.9 Å². The van der Waals surface area contributed by atoms with E-state index in [2.05, 4.69) is 35.3 Å². The molecule has 0 amide bonds. The molecule has 3 heterocycles. The zero-order valence-corrected chi connectivity index (χ0v) is 15.7. The standard InChI is InChI=1S/C21H28N2O3/c1-15-10-16-11-18(24-2)12-17(21(16)26-15)13-22-14-19(20-6-5-9-25-20)23-7-3-4-8-23/h5-6,9,11-12,15,19,22H,3-4,7-8,10,13-14H2,1-2H3. The SMILES string of the molecule is COc1cc(CNCC(c2ccco2)N2CCCC2)c2c(c1)CC(C)O2. The van der Waals surface area contributed by atoms with Crippen molar-refractivity contribution >= 4 is 0 Å². The van der Waals surface area contributed by atoms with E-state index in [9.17, 15) is 0 Å². The van der Waals surface area contributed by atoms with E-state index in [0.29, 0.717) is 0 Å². The van der Waals surface area contributed by atoms with Crippen LogP contribution in [0.1, 0.15) is 42.7 Å². The van der Waals surface area contributed by atoms with E-state index >= 15 is 0 Å². The molecule has 2 aromatic rings. The number of likely N-dealkylation sites (tertiary alicyclic amines) is 1. The van der Waals surface area contributed by atoms with E-state index < -0.39 is 0 Å². The van der Waals surface area contributed by atoms with Gasteiger partial charge in [0.05, 0.1) is 19.4 Å². The van der Waals surface area contributed by atoms with Gasteiger partial charge >= 0.3 is 0 Å². The molecule has 2 aliphatic rings. The Kier molecular flexibility index (Phi) is 5.18. The summed E-state index contributed by atoms with van der Waals surface area (Å²) in [7, 11) is 1.72. The molecule has 4 rings (SSSR count). The Labute approximate surface area is 155 Å². The highest BCUT2D eigenvalue weighted by Gasteiger charge is 2.26. The van der Waals surface area contributed by atoms with E-state index in [0.717, 1.165) is 49.9 Å². The minimum absolute atomic E-state index is 0.233. The quantitative estimate of drug-likeness (QED) is 0.822. The van der Waals surface area contributed by atoms with Gasteiger partial charge in [0.2, 0.25) is 0 Å². The van der Waals surface area contributed by atoms with Crippen LogP contribution in [0.15, 0.2) is 34.9 Å². The van der Waals surface area contributed by atoms with Gasteiger partial charge in [0.1, 0.15) is 23.4 Å². The first kappa shape index (κ1) is 17.4. The first-order valence-electron chi connectivity index (χ1n) is 9.59. The molecule has 0 aliphatic carbocycles. The van der Waals surface area contributed by atoms with Crippen molar-refractivity contribution in [3.63, 3.8) is 0 Å². The highest BCUT2D eigenvalue weighted by molar-refractivity contribution is 5.49. The Morgan fingerprint density at radius 2 is 2.15 bits per heavy atom. The van der Waals surface area contributed by atoms with Crippen LogP contribution in [0.2, 0.25) is 0 Å². The topological polar surface area (TPSA) is 46.9 Å². The third-order valence-electron chi connectivity index (χ3n) is 5.38. The molecule has 1 fully saturated rings. The molecule has 5 nitrogen and oxygen atoms in total. The smallest absolute Gasteiger partial charge is 0.127 e. The molecule has 26 heavy (non-hydrogen) atoms. The normalized spacial score (nSPS) is 20.8. The van der Waals surface area contributed by atoms with Gasteiger partial charge in [-0.1, -0.05) is 0 Å². The van der Waals surface area contributed by atoms with Crippen molar-refractivity contribution in [1.82, 2.24) is 10.2 Å². The van der Waals surface area contributed by atoms with Gasteiger partial charge in [-0.15, -0.1) is 0 Å². The molecule has 0 bridgehead atoms. The maximum atomic E-state index is 6.04. The fourth-order valence-corrected chi connectivity index (χ4v) is 4.11. The van der Waals surface area contributed by atoms with Crippen LogP contribution in [0, 0.1) is 0 Å². The lowest BCUT2D eigenvalue weighted by molar-refractivity contribution is 0.208. The summed E-state index contributed by atoms with van der Waals surface area (Å²) in [6.45, 7) is 6.01. The van der Waals surface area contributed by atoms with Crippen LogP contribution >= 0.6 is 0 Å². The zero-order valence-electron chi connectivity index (χ0n) is 15.7. The summed E-state index contributed by atoms with van der Waals surface area (Å²) in [6, 6.07) is 8.52. The number of rotatable bonds is 7. The Bertz CT molecular complexity index is 723. The summed E-state index contributed by atoms with van der Waals surface area (Å²) < 4.78 is 17.2. The molecule has 1 saturated heterocycles. The van der Waals surface area contributed by atoms with Crippen molar-refractivity contribution in [3.05, 3.63) is 47.4 Å². The van der Waals surface area contributed by atoms with Crippen LogP contribution in [0.25, 0.3) is 0 Å². The fourth-order valence-electron chi connectivity index (χ4n) is 4.11. The van der Waals surface area contributed by atoms with Gasteiger partial charge in [-0.25, -0.2) is 0 Å². The van der Waals surface area contributed by atoms with Crippen LogP contribution < -0.4 is 14.8 Å². The zero-order chi connectivity index (χ0) is 17.9. The molecule has 5 heteroatoms. The molecule has 2 unspecified atom stereocenters. The highest BCUT2D eigenvalue weighted by atomic mass is 16.5. The summed E-state index contributed by atoms with van der Waals surface area (Å²) in [4.78, 5) is 2.51. The largest absolute Gasteiger partial charge is 0.497 e. The molecular weight excluding hydrogens is 328 g/mol. The van der Waals surface area contributed by atoms with Gasteiger partial charge in [0.25, 0.3) is 0 Å². The first-order valence-corrected chi connectivity index (χ1v) is 9.59. The molecule has 2 atom stereocenters. The third-order valence-corrected chi connectivity index (χ3v) is 5.38.